The Balaban J connectivity index is 0.807. The van der Waals surface area contributed by atoms with Crippen LogP contribution < -0.4 is 15.5 Å². The number of imide groups is 2. The molecule has 8 rings (SSSR count). The van der Waals surface area contributed by atoms with Crippen molar-refractivity contribution in [3.63, 3.8) is 0 Å². The molecular weight excluding hydrogens is 622 g/mol. The molecular formula is C36H39N9O4. The maximum absolute atomic E-state index is 13.1. The van der Waals surface area contributed by atoms with Crippen LogP contribution in [0.25, 0.3) is 22.3 Å². The highest BCUT2D eigenvalue weighted by Gasteiger charge is 2.44. The first-order valence-corrected chi connectivity index (χ1v) is 17.1. The molecule has 1 saturated carbocycles. The normalized spacial score (nSPS) is 22.8. The topological polar surface area (TPSA) is 146 Å². The highest BCUT2D eigenvalue weighted by molar-refractivity contribution is 6.23. The van der Waals surface area contributed by atoms with Crippen molar-refractivity contribution in [2.45, 2.75) is 50.6 Å². The van der Waals surface area contributed by atoms with Crippen molar-refractivity contribution in [1.82, 2.24) is 34.9 Å². The molecule has 2 N–H and O–H groups in total. The number of piperazine rings is 1. The number of hydrogen-bond donors (Lipinski definition) is 2. The van der Waals surface area contributed by atoms with Crippen LogP contribution in [0.4, 0.5) is 11.4 Å². The van der Waals surface area contributed by atoms with Gasteiger partial charge in [0.2, 0.25) is 11.8 Å². The highest BCUT2D eigenvalue weighted by Crippen LogP contribution is 2.40. The molecule has 49 heavy (non-hydrogen) atoms. The van der Waals surface area contributed by atoms with Crippen molar-refractivity contribution in [3.8, 4) is 11.3 Å². The second-order valence-corrected chi connectivity index (χ2v) is 13.7. The molecule has 252 valence electrons. The number of likely N-dealkylation sites (N-methyl/N-ethyl adjacent to an activating group) is 1. The summed E-state index contributed by atoms with van der Waals surface area (Å²) in [7, 11) is 2.16. The van der Waals surface area contributed by atoms with Gasteiger partial charge in [0.25, 0.3) is 11.8 Å². The van der Waals surface area contributed by atoms with E-state index < -0.39 is 23.8 Å². The van der Waals surface area contributed by atoms with Gasteiger partial charge in [-0.2, -0.15) is 5.10 Å². The third-order valence-corrected chi connectivity index (χ3v) is 10.4. The summed E-state index contributed by atoms with van der Waals surface area (Å²) in [6, 6.07) is 10.9. The zero-order valence-corrected chi connectivity index (χ0v) is 27.5. The molecule has 5 heterocycles. The number of carbonyl (C=O) groups is 4. The molecule has 3 fully saturated rings. The van der Waals surface area contributed by atoms with E-state index in [4.69, 9.17) is 9.97 Å². The first kappa shape index (κ1) is 31.1. The maximum Gasteiger partial charge on any atom is 0.262 e. The lowest BCUT2D eigenvalue weighted by atomic mass is 9.77. The number of amides is 4. The van der Waals surface area contributed by atoms with Crippen molar-refractivity contribution < 1.29 is 19.2 Å². The van der Waals surface area contributed by atoms with Gasteiger partial charge >= 0.3 is 0 Å². The van der Waals surface area contributed by atoms with Crippen LogP contribution in [0, 0.1) is 5.92 Å². The number of nitrogens with zero attached hydrogens (tertiary/aromatic N) is 7. The number of hydrogen-bond acceptors (Lipinski definition) is 10. The lowest BCUT2D eigenvalue weighted by Gasteiger charge is -2.35. The summed E-state index contributed by atoms with van der Waals surface area (Å²) in [5.74, 6) is -1.37. The fraction of sp³-hybridized carbons (Fsp3) is 0.417. The van der Waals surface area contributed by atoms with Gasteiger partial charge in [-0.15, -0.1) is 0 Å². The van der Waals surface area contributed by atoms with Gasteiger partial charge < -0.3 is 15.1 Å². The van der Waals surface area contributed by atoms with Crippen molar-refractivity contribution in [2.24, 2.45) is 5.92 Å². The monoisotopic (exact) mass is 661 g/mol. The van der Waals surface area contributed by atoms with E-state index in [2.05, 4.69) is 61.7 Å². The minimum absolute atomic E-state index is 0.0976. The summed E-state index contributed by atoms with van der Waals surface area (Å²) in [6.07, 6.45) is 10.2. The van der Waals surface area contributed by atoms with Crippen LogP contribution >= 0.6 is 0 Å². The Morgan fingerprint density at radius 3 is 2.55 bits per heavy atom. The van der Waals surface area contributed by atoms with Crippen molar-refractivity contribution in [1.29, 1.82) is 0 Å². The van der Waals surface area contributed by atoms with Crippen molar-refractivity contribution in [3.05, 3.63) is 66.1 Å². The molecule has 1 aliphatic carbocycles. The Hall–Kier alpha value is -5.17. The summed E-state index contributed by atoms with van der Waals surface area (Å²) in [5, 5.41) is 10.3. The molecule has 0 spiro atoms. The van der Waals surface area contributed by atoms with Crippen LogP contribution in [0.3, 0.4) is 0 Å². The van der Waals surface area contributed by atoms with Crippen molar-refractivity contribution >= 4 is 46.0 Å². The SMILES string of the molecule is CN1CCN(c2ccc3nc(-c4cnn([C@H]5C[C@H](CCCNc6ccc7c(c6)C(=O)N(C6CCC(=O)NC6=O)C7=O)C5)c4)cnc3c2)CC1. The summed E-state index contributed by atoms with van der Waals surface area (Å²) in [6.45, 7) is 4.90. The molecule has 2 aromatic heterocycles. The smallest absolute Gasteiger partial charge is 0.262 e. The molecule has 2 aromatic carbocycles. The standard InChI is InChI=1S/C36H39N9O4/c1-42-11-13-43(14-12-42)25-5-7-29-30(18-25)38-20-31(40-29)23-19-39-44(21-23)26-15-22(16-26)3-2-10-37-24-4-6-27-28(17-24)36(49)45(35(27)48)32-8-9-33(46)41-34(32)47/h4-7,17-22,26,32,37H,2-3,8-16H2,1H3,(H,41,46,47)/t22-,26-,32?. The molecule has 0 bridgehead atoms. The molecule has 0 radical (unpaired) electrons. The number of carbonyl (C=O) groups excluding carboxylic acids is 4. The molecule has 2 saturated heterocycles. The van der Waals surface area contributed by atoms with Crippen LogP contribution in [0.15, 0.2) is 55.0 Å². The largest absolute Gasteiger partial charge is 0.385 e. The summed E-state index contributed by atoms with van der Waals surface area (Å²) in [5.41, 5.74) is 6.11. The van der Waals surface area contributed by atoms with Gasteiger partial charge in [0.1, 0.15) is 6.04 Å². The number of aromatic nitrogens is 4. The second kappa shape index (κ2) is 12.7. The van der Waals surface area contributed by atoms with E-state index in [1.165, 1.54) is 5.69 Å². The van der Waals surface area contributed by atoms with E-state index in [1.54, 1.807) is 18.2 Å². The first-order chi connectivity index (χ1) is 23.8. The molecule has 4 aliphatic rings. The van der Waals surface area contributed by atoms with Gasteiger partial charge in [0.15, 0.2) is 0 Å². The molecule has 1 unspecified atom stereocenters. The first-order valence-electron chi connectivity index (χ1n) is 17.1. The van der Waals surface area contributed by atoms with Crippen LogP contribution in [0.5, 0.6) is 0 Å². The number of rotatable bonds is 9. The third kappa shape index (κ3) is 6.03. The average Bonchev–Trinajstić information content (AvgIpc) is 3.66. The zero-order valence-electron chi connectivity index (χ0n) is 27.5. The van der Waals surface area contributed by atoms with E-state index in [-0.39, 0.29) is 29.9 Å². The number of fused-ring (bicyclic) bond motifs is 2. The molecule has 13 heteroatoms. The Kier molecular flexibility index (Phi) is 8.06. The summed E-state index contributed by atoms with van der Waals surface area (Å²) >= 11 is 0. The third-order valence-electron chi connectivity index (χ3n) is 10.4. The molecule has 1 atom stereocenters. The number of piperidine rings is 1. The van der Waals surface area contributed by atoms with Gasteiger partial charge in [-0.3, -0.25) is 39.1 Å². The van der Waals surface area contributed by atoms with Gasteiger partial charge in [-0.05, 0) is 81.5 Å². The van der Waals surface area contributed by atoms with Crippen LogP contribution in [0.2, 0.25) is 0 Å². The van der Waals surface area contributed by atoms with Gasteiger partial charge in [0, 0.05) is 62.3 Å². The molecule has 4 aromatic rings. The predicted molar refractivity (Wildman–Crippen MR) is 183 cm³/mol. The van der Waals surface area contributed by atoms with E-state index >= 15 is 0 Å². The minimum atomic E-state index is -0.963. The number of anilines is 2. The second-order valence-electron chi connectivity index (χ2n) is 13.7. The van der Waals surface area contributed by atoms with Crippen LogP contribution in [0.1, 0.15) is 65.3 Å². The quantitative estimate of drug-likeness (QED) is 0.202. The average molecular weight is 662 g/mol. The zero-order chi connectivity index (χ0) is 33.6. The maximum atomic E-state index is 13.1. The fourth-order valence-electron chi connectivity index (χ4n) is 7.43. The fourth-order valence-corrected chi connectivity index (χ4v) is 7.43. The number of benzene rings is 2. The van der Waals surface area contributed by atoms with E-state index in [9.17, 15) is 19.2 Å². The van der Waals surface area contributed by atoms with E-state index in [1.807, 2.05) is 12.4 Å². The van der Waals surface area contributed by atoms with Gasteiger partial charge in [-0.25, -0.2) is 4.98 Å². The van der Waals surface area contributed by atoms with Crippen LogP contribution in [-0.2, 0) is 9.59 Å². The van der Waals surface area contributed by atoms with Crippen molar-refractivity contribution in [2.75, 3.05) is 50.0 Å². The van der Waals surface area contributed by atoms with Gasteiger partial charge in [0.05, 0.1) is 46.3 Å². The Bertz CT molecular complexity index is 1960. The Morgan fingerprint density at radius 2 is 1.73 bits per heavy atom. The Labute approximate surface area is 283 Å². The lowest BCUT2D eigenvalue weighted by Crippen LogP contribution is -2.54. The van der Waals surface area contributed by atoms with E-state index in [0.717, 1.165) is 91.3 Å². The molecule has 4 amide bonds. The van der Waals surface area contributed by atoms with Crippen LogP contribution in [-0.4, -0.2) is 99.0 Å². The highest BCUT2D eigenvalue weighted by atomic mass is 16.2. The number of nitrogens with one attached hydrogen (secondary N) is 2. The lowest BCUT2D eigenvalue weighted by molar-refractivity contribution is -0.136. The predicted octanol–water partition coefficient (Wildman–Crippen LogP) is 3.49. The Morgan fingerprint density at radius 1 is 0.918 bits per heavy atom. The molecule has 13 nitrogen and oxygen atoms in total. The molecule has 3 aliphatic heterocycles. The van der Waals surface area contributed by atoms with Gasteiger partial charge in [-0.1, -0.05) is 0 Å². The minimum Gasteiger partial charge on any atom is -0.385 e. The summed E-state index contributed by atoms with van der Waals surface area (Å²) < 4.78 is 2.06. The van der Waals surface area contributed by atoms with E-state index in [0.29, 0.717) is 12.0 Å². The summed E-state index contributed by atoms with van der Waals surface area (Å²) in [4.78, 5) is 65.3.